The van der Waals surface area contributed by atoms with Crippen LogP contribution in [0, 0.1) is 0 Å². The van der Waals surface area contributed by atoms with Gasteiger partial charge in [0.25, 0.3) is 5.91 Å². The number of fused-ring (bicyclic) bond motifs is 2. The summed E-state index contributed by atoms with van der Waals surface area (Å²) in [6.45, 7) is 1.70. The standard InChI is InChI=1S/C24H26N4O6/c29-22(26-24(31)25-16-8-9-19-20(12-16)33-15-32-19)14-28-13-21(23(30)27-10-4-1-5-11-27)34-18-7-3-2-6-17(18)28/h2-3,6-9,12,21H,1,4-5,10-11,13-15H2,(H2,25,26,29,31)/t21-/m1/s1. The Hall–Kier alpha value is -3.95. The minimum absolute atomic E-state index is 0.0693. The predicted molar refractivity (Wildman–Crippen MR) is 123 cm³/mol. The molecule has 0 radical (unpaired) electrons. The summed E-state index contributed by atoms with van der Waals surface area (Å²) >= 11 is 0. The molecule has 2 aromatic rings. The molecular weight excluding hydrogens is 440 g/mol. The number of nitrogens with one attached hydrogen (secondary N) is 2. The van der Waals surface area contributed by atoms with Gasteiger partial charge in [-0.1, -0.05) is 12.1 Å². The van der Waals surface area contributed by atoms with Gasteiger partial charge >= 0.3 is 6.03 Å². The van der Waals surface area contributed by atoms with Crippen molar-refractivity contribution in [1.82, 2.24) is 10.2 Å². The monoisotopic (exact) mass is 466 g/mol. The first-order valence-corrected chi connectivity index (χ1v) is 11.4. The molecule has 0 saturated carbocycles. The van der Waals surface area contributed by atoms with Crippen molar-refractivity contribution in [3.63, 3.8) is 0 Å². The summed E-state index contributed by atoms with van der Waals surface area (Å²) in [4.78, 5) is 41.7. The Balaban J connectivity index is 1.22. The van der Waals surface area contributed by atoms with Gasteiger partial charge in [0, 0.05) is 24.8 Å². The van der Waals surface area contributed by atoms with Crippen molar-refractivity contribution in [1.29, 1.82) is 0 Å². The molecule has 2 aromatic carbocycles. The molecule has 1 atom stereocenters. The van der Waals surface area contributed by atoms with Crippen LogP contribution in [0.5, 0.6) is 17.2 Å². The Morgan fingerprint density at radius 2 is 1.74 bits per heavy atom. The second-order valence-electron chi connectivity index (χ2n) is 8.41. The lowest BCUT2D eigenvalue weighted by atomic mass is 10.1. The number of nitrogens with zero attached hydrogens (tertiary/aromatic N) is 2. The maximum absolute atomic E-state index is 13.0. The van der Waals surface area contributed by atoms with Crippen molar-refractivity contribution in [3.05, 3.63) is 42.5 Å². The van der Waals surface area contributed by atoms with Gasteiger partial charge < -0.3 is 29.3 Å². The number of piperidine rings is 1. The highest BCUT2D eigenvalue weighted by atomic mass is 16.7. The zero-order valence-electron chi connectivity index (χ0n) is 18.6. The van der Waals surface area contributed by atoms with E-state index in [1.54, 1.807) is 29.2 Å². The van der Waals surface area contributed by atoms with E-state index in [2.05, 4.69) is 10.6 Å². The molecule has 4 amide bonds. The molecule has 5 rings (SSSR count). The van der Waals surface area contributed by atoms with Gasteiger partial charge in [0.2, 0.25) is 12.7 Å². The molecule has 0 bridgehead atoms. The molecule has 0 aromatic heterocycles. The zero-order valence-corrected chi connectivity index (χ0v) is 18.6. The van der Waals surface area contributed by atoms with Crippen molar-refractivity contribution in [3.8, 4) is 17.2 Å². The summed E-state index contributed by atoms with van der Waals surface area (Å²) in [6.07, 6.45) is 2.39. The van der Waals surface area contributed by atoms with Gasteiger partial charge in [-0.3, -0.25) is 14.9 Å². The molecule has 3 heterocycles. The number of hydrogen-bond acceptors (Lipinski definition) is 7. The second kappa shape index (κ2) is 9.50. The molecule has 10 heteroatoms. The van der Waals surface area contributed by atoms with E-state index in [9.17, 15) is 14.4 Å². The molecule has 1 saturated heterocycles. The molecule has 3 aliphatic rings. The van der Waals surface area contributed by atoms with Crippen molar-refractivity contribution in [2.45, 2.75) is 25.4 Å². The lowest BCUT2D eigenvalue weighted by Crippen LogP contribution is -2.53. The number of benzene rings is 2. The summed E-state index contributed by atoms with van der Waals surface area (Å²) in [5.74, 6) is 1.10. The van der Waals surface area contributed by atoms with E-state index < -0.39 is 18.0 Å². The number of likely N-dealkylation sites (tertiary alicyclic amines) is 1. The molecule has 34 heavy (non-hydrogen) atoms. The van der Waals surface area contributed by atoms with E-state index in [-0.39, 0.29) is 25.8 Å². The van der Waals surface area contributed by atoms with Crippen LogP contribution in [0.1, 0.15) is 19.3 Å². The zero-order chi connectivity index (χ0) is 23.5. The highest BCUT2D eigenvalue weighted by Gasteiger charge is 2.34. The summed E-state index contributed by atoms with van der Waals surface area (Å²) in [5.41, 5.74) is 1.18. The minimum atomic E-state index is -0.705. The molecular formula is C24H26N4O6. The first-order valence-electron chi connectivity index (χ1n) is 11.4. The van der Waals surface area contributed by atoms with E-state index in [1.807, 2.05) is 23.1 Å². The summed E-state index contributed by atoms with van der Waals surface area (Å²) in [7, 11) is 0. The first kappa shape index (κ1) is 21.9. The number of amides is 4. The summed E-state index contributed by atoms with van der Waals surface area (Å²) in [6, 6.07) is 11.6. The highest BCUT2D eigenvalue weighted by Crippen LogP contribution is 2.35. The maximum Gasteiger partial charge on any atom is 0.325 e. The number of urea groups is 1. The van der Waals surface area contributed by atoms with E-state index >= 15 is 0 Å². The van der Waals surface area contributed by atoms with Crippen LogP contribution >= 0.6 is 0 Å². The van der Waals surface area contributed by atoms with Gasteiger partial charge in [-0.25, -0.2) is 4.79 Å². The number of carbonyl (C=O) groups is 3. The molecule has 2 N–H and O–H groups in total. The van der Waals surface area contributed by atoms with Crippen LogP contribution in [0.2, 0.25) is 0 Å². The van der Waals surface area contributed by atoms with Crippen LogP contribution in [0.15, 0.2) is 42.5 Å². The maximum atomic E-state index is 13.0. The fourth-order valence-corrected chi connectivity index (χ4v) is 4.38. The molecule has 10 nitrogen and oxygen atoms in total. The highest BCUT2D eigenvalue weighted by molar-refractivity contribution is 6.02. The van der Waals surface area contributed by atoms with Gasteiger partial charge in [0.1, 0.15) is 5.75 Å². The van der Waals surface area contributed by atoms with E-state index in [4.69, 9.17) is 14.2 Å². The lowest BCUT2D eigenvalue weighted by Gasteiger charge is -2.38. The minimum Gasteiger partial charge on any atom is -0.477 e. The Labute approximate surface area is 196 Å². The lowest BCUT2D eigenvalue weighted by molar-refractivity contribution is -0.139. The SMILES string of the molecule is O=C(CN1C[C@H](C(=O)N2CCCCC2)Oc2ccccc21)NC(=O)Nc1ccc2c(c1)OCO2. The molecule has 0 unspecified atom stereocenters. The fourth-order valence-electron chi connectivity index (χ4n) is 4.38. The second-order valence-corrected chi connectivity index (χ2v) is 8.41. The van der Waals surface area contributed by atoms with E-state index in [0.29, 0.717) is 28.6 Å². The van der Waals surface area contributed by atoms with Crippen molar-refractivity contribution < 1.29 is 28.6 Å². The average molecular weight is 466 g/mol. The third-order valence-electron chi connectivity index (χ3n) is 6.02. The Bertz CT molecular complexity index is 1100. The van der Waals surface area contributed by atoms with Crippen molar-refractivity contribution >= 4 is 29.2 Å². The topological polar surface area (TPSA) is 109 Å². The summed E-state index contributed by atoms with van der Waals surface area (Å²) in [5, 5.41) is 4.96. The van der Waals surface area contributed by atoms with E-state index in [1.165, 1.54) is 0 Å². The van der Waals surface area contributed by atoms with Crippen molar-refractivity contribution in [2.24, 2.45) is 0 Å². The number of ether oxygens (including phenoxy) is 3. The number of hydrogen-bond donors (Lipinski definition) is 2. The van der Waals surface area contributed by atoms with Crippen LogP contribution in [0.25, 0.3) is 0 Å². The summed E-state index contributed by atoms with van der Waals surface area (Å²) < 4.78 is 16.5. The molecule has 1 fully saturated rings. The Kier molecular flexibility index (Phi) is 6.11. The van der Waals surface area contributed by atoms with Gasteiger partial charge in [0.05, 0.1) is 18.8 Å². The largest absolute Gasteiger partial charge is 0.477 e. The fraction of sp³-hybridized carbons (Fsp3) is 0.375. The molecule has 0 aliphatic carbocycles. The Morgan fingerprint density at radius 3 is 2.59 bits per heavy atom. The van der Waals surface area contributed by atoms with Crippen LogP contribution in [-0.2, 0) is 9.59 Å². The third-order valence-corrected chi connectivity index (χ3v) is 6.02. The van der Waals surface area contributed by atoms with Crippen LogP contribution in [0.4, 0.5) is 16.2 Å². The predicted octanol–water partition coefficient (Wildman–Crippen LogP) is 2.34. The quantitative estimate of drug-likeness (QED) is 0.712. The first-order chi connectivity index (χ1) is 16.6. The number of para-hydroxylation sites is 2. The molecule has 178 valence electrons. The van der Waals surface area contributed by atoms with Crippen LogP contribution in [-0.4, -0.2) is 61.8 Å². The van der Waals surface area contributed by atoms with Gasteiger partial charge in [-0.05, 0) is 43.5 Å². The molecule has 3 aliphatic heterocycles. The van der Waals surface area contributed by atoms with Crippen molar-refractivity contribution in [2.75, 3.05) is 43.2 Å². The van der Waals surface area contributed by atoms with E-state index in [0.717, 1.165) is 32.4 Å². The van der Waals surface area contributed by atoms with Crippen LogP contribution in [0.3, 0.4) is 0 Å². The smallest absolute Gasteiger partial charge is 0.325 e. The number of anilines is 2. The number of rotatable bonds is 4. The average Bonchev–Trinajstić information content (AvgIpc) is 3.32. The third kappa shape index (κ3) is 4.70. The van der Waals surface area contributed by atoms with Crippen LogP contribution < -0.4 is 29.7 Å². The number of carbonyl (C=O) groups excluding carboxylic acids is 3. The molecule has 0 spiro atoms. The number of imide groups is 1. The van der Waals surface area contributed by atoms with Gasteiger partial charge in [-0.15, -0.1) is 0 Å². The normalized spacial score (nSPS) is 18.5. The Morgan fingerprint density at radius 1 is 0.941 bits per heavy atom. The van der Waals surface area contributed by atoms with Gasteiger partial charge in [-0.2, -0.15) is 0 Å². The van der Waals surface area contributed by atoms with Gasteiger partial charge in [0.15, 0.2) is 17.6 Å².